The van der Waals surface area contributed by atoms with Crippen molar-refractivity contribution in [1.29, 1.82) is 0 Å². The number of nitrogens with zero attached hydrogens (tertiary/aromatic N) is 5. The minimum atomic E-state index is 0.526. The highest BCUT2D eigenvalue weighted by Gasteiger charge is 2.18. The molecule has 0 fully saturated rings. The largest absolute Gasteiger partial charge is 0.456 e. The van der Waals surface area contributed by atoms with E-state index in [0.717, 1.165) is 72.1 Å². The Morgan fingerprint density at radius 3 is 1.82 bits per heavy atom. The highest BCUT2D eigenvalue weighted by atomic mass is 16.3. The fourth-order valence-corrected chi connectivity index (χ4v) is 6.06. The lowest BCUT2D eigenvalue weighted by atomic mass is 10.1. The van der Waals surface area contributed by atoms with Gasteiger partial charge in [-0.1, -0.05) is 97.1 Å². The van der Waals surface area contributed by atoms with E-state index in [4.69, 9.17) is 24.4 Å². The fraction of sp³-hybridized carbons (Fsp3) is 0. The molecule has 6 heteroatoms. The standard InChI is InChI=1S/C38H23N5O/c1-3-11-24(12-4-1)30-21-31(25-13-5-2-6-14-25)42-38(41-30)32-22-40-37(23-39-32)43-33-17-9-7-15-26(33)28-20-36-29(19-34(28)43)27-16-8-10-18-35(27)44-36/h1-23H. The number of hydrogen-bond acceptors (Lipinski definition) is 5. The van der Waals surface area contributed by atoms with Crippen LogP contribution in [0.4, 0.5) is 0 Å². The molecule has 0 amide bonds. The maximum absolute atomic E-state index is 6.22. The number of para-hydroxylation sites is 2. The van der Waals surface area contributed by atoms with E-state index >= 15 is 0 Å². The van der Waals surface area contributed by atoms with Crippen molar-refractivity contribution in [2.24, 2.45) is 0 Å². The second-order valence-electron chi connectivity index (χ2n) is 10.8. The van der Waals surface area contributed by atoms with Gasteiger partial charge in [0.05, 0.1) is 34.8 Å². The van der Waals surface area contributed by atoms with Crippen LogP contribution in [0.5, 0.6) is 0 Å². The molecule has 0 aliphatic rings. The summed E-state index contributed by atoms with van der Waals surface area (Å²) in [5, 5.41) is 4.39. The SMILES string of the molecule is c1ccc(-c2cc(-c3ccccc3)nc(-c3cnc(-n4c5ccccc5c5cc6oc7ccccc7c6cc54)cn3)n2)cc1. The van der Waals surface area contributed by atoms with Gasteiger partial charge in [-0.15, -0.1) is 0 Å². The van der Waals surface area contributed by atoms with Gasteiger partial charge in [0.25, 0.3) is 0 Å². The van der Waals surface area contributed by atoms with Gasteiger partial charge in [-0.3, -0.25) is 4.57 Å². The van der Waals surface area contributed by atoms with Gasteiger partial charge >= 0.3 is 0 Å². The van der Waals surface area contributed by atoms with Gasteiger partial charge in [-0.2, -0.15) is 0 Å². The second kappa shape index (κ2) is 9.71. The third kappa shape index (κ3) is 3.89. The summed E-state index contributed by atoms with van der Waals surface area (Å²) in [7, 11) is 0. The molecular weight excluding hydrogens is 542 g/mol. The summed E-state index contributed by atoms with van der Waals surface area (Å²) in [6.07, 6.45) is 3.57. The average Bonchev–Trinajstić information content (AvgIpc) is 3.63. The van der Waals surface area contributed by atoms with E-state index in [1.54, 1.807) is 12.4 Å². The minimum Gasteiger partial charge on any atom is -0.456 e. The smallest absolute Gasteiger partial charge is 0.180 e. The van der Waals surface area contributed by atoms with E-state index in [-0.39, 0.29) is 0 Å². The summed E-state index contributed by atoms with van der Waals surface area (Å²) < 4.78 is 8.39. The topological polar surface area (TPSA) is 69.6 Å². The molecule has 0 aliphatic carbocycles. The molecule has 0 bridgehead atoms. The Balaban J connectivity index is 1.21. The quantitative estimate of drug-likeness (QED) is 0.213. The Morgan fingerprint density at radius 1 is 0.455 bits per heavy atom. The lowest BCUT2D eigenvalue weighted by Crippen LogP contribution is -2.01. The number of aromatic nitrogens is 5. The molecule has 6 nitrogen and oxygen atoms in total. The summed E-state index contributed by atoms with van der Waals surface area (Å²) >= 11 is 0. The average molecular weight is 566 g/mol. The zero-order chi connectivity index (χ0) is 29.0. The van der Waals surface area contributed by atoms with Crippen LogP contribution in [-0.4, -0.2) is 24.5 Å². The van der Waals surface area contributed by atoms with E-state index in [9.17, 15) is 0 Å². The molecule has 4 heterocycles. The maximum atomic E-state index is 6.22. The maximum Gasteiger partial charge on any atom is 0.180 e. The first-order valence-corrected chi connectivity index (χ1v) is 14.5. The monoisotopic (exact) mass is 565 g/mol. The van der Waals surface area contributed by atoms with Crippen molar-refractivity contribution in [3.63, 3.8) is 0 Å². The van der Waals surface area contributed by atoms with Crippen molar-refractivity contribution < 1.29 is 4.42 Å². The van der Waals surface area contributed by atoms with E-state index in [1.807, 2.05) is 66.7 Å². The summed E-state index contributed by atoms with van der Waals surface area (Å²) in [5.74, 6) is 1.24. The molecule has 0 saturated heterocycles. The first-order valence-electron chi connectivity index (χ1n) is 14.5. The molecular formula is C38H23N5O. The summed E-state index contributed by atoms with van der Waals surface area (Å²) in [4.78, 5) is 19.6. The van der Waals surface area contributed by atoms with E-state index < -0.39 is 0 Å². The van der Waals surface area contributed by atoms with Crippen LogP contribution in [0.25, 0.3) is 83.6 Å². The minimum absolute atomic E-state index is 0.526. The van der Waals surface area contributed by atoms with Gasteiger partial charge in [0.2, 0.25) is 0 Å². The molecule has 0 saturated carbocycles. The second-order valence-corrected chi connectivity index (χ2v) is 10.8. The van der Waals surface area contributed by atoms with Gasteiger partial charge < -0.3 is 4.42 Å². The molecule has 0 atom stereocenters. The van der Waals surface area contributed by atoms with Gasteiger partial charge in [0, 0.05) is 32.7 Å². The third-order valence-corrected chi connectivity index (χ3v) is 8.13. The van der Waals surface area contributed by atoms with Crippen molar-refractivity contribution in [1.82, 2.24) is 24.5 Å². The molecule has 0 spiro atoms. The zero-order valence-electron chi connectivity index (χ0n) is 23.4. The number of furan rings is 1. The molecule has 5 aromatic carbocycles. The number of hydrogen-bond donors (Lipinski definition) is 0. The Labute approximate surface area is 251 Å². The highest BCUT2D eigenvalue weighted by molar-refractivity contribution is 6.17. The number of rotatable bonds is 4. The molecule has 0 unspecified atom stereocenters. The van der Waals surface area contributed by atoms with Crippen molar-refractivity contribution in [3.05, 3.63) is 140 Å². The number of benzene rings is 5. The first-order chi connectivity index (χ1) is 21.8. The molecule has 44 heavy (non-hydrogen) atoms. The van der Waals surface area contributed by atoms with Gasteiger partial charge in [-0.05, 0) is 30.3 Å². The van der Waals surface area contributed by atoms with E-state index in [0.29, 0.717) is 11.5 Å². The predicted octanol–water partition coefficient (Wildman–Crippen LogP) is 9.26. The molecule has 9 rings (SSSR count). The van der Waals surface area contributed by atoms with E-state index in [2.05, 4.69) is 65.2 Å². The molecule has 4 aromatic heterocycles. The van der Waals surface area contributed by atoms with Crippen molar-refractivity contribution in [2.75, 3.05) is 0 Å². The summed E-state index contributed by atoms with van der Waals surface area (Å²) in [6, 6.07) is 43.1. The van der Waals surface area contributed by atoms with Crippen molar-refractivity contribution in [3.8, 4) is 39.9 Å². The van der Waals surface area contributed by atoms with Crippen molar-refractivity contribution in [2.45, 2.75) is 0 Å². The lowest BCUT2D eigenvalue weighted by molar-refractivity contribution is 0.669. The molecule has 0 radical (unpaired) electrons. The van der Waals surface area contributed by atoms with Crippen molar-refractivity contribution >= 4 is 43.7 Å². The van der Waals surface area contributed by atoms with Crippen LogP contribution >= 0.6 is 0 Å². The van der Waals surface area contributed by atoms with Gasteiger partial charge in [0.15, 0.2) is 11.6 Å². The van der Waals surface area contributed by atoms with Crippen LogP contribution in [0.15, 0.2) is 144 Å². The number of fused-ring (bicyclic) bond motifs is 6. The fourth-order valence-electron chi connectivity index (χ4n) is 6.06. The Morgan fingerprint density at radius 2 is 1.11 bits per heavy atom. The van der Waals surface area contributed by atoms with Crippen LogP contribution in [0.3, 0.4) is 0 Å². The van der Waals surface area contributed by atoms with Crippen LogP contribution in [0.2, 0.25) is 0 Å². The van der Waals surface area contributed by atoms with Crippen LogP contribution < -0.4 is 0 Å². The predicted molar refractivity (Wildman–Crippen MR) is 176 cm³/mol. The lowest BCUT2D eigenvalue weighted by Gasteiger charge is -2.10. The zero-order valence-corrected chi connectivity index (χ0v) is 23.4. The summed E-state index contributed by atoms with van der Waals surface area (Å²) in [5.41, 5.74) is 8.14. The molecule has 0 aliphatic heterocycles. The molecule has 0 N–H and O–H groups in total. The Bertz CT molecular complexity index is 2420. The summed E-state index contributed by atoms with van der Waals surface area (Å²) in [6.45, 7) is 0. The Hall–Kier alpha value is -6.14. The molecule has 9 aromatic rings. The first kappa shape index (κ1) is 24.5. The van der Waals surface area contributed by atoms with Crippen LogP contribution in [0.1, 0.15) is 0 Å². The van der Waals surface area contributed by atoms with Gasteiger partial charge in [0.1, 0.15) is 16.9 Å². The van der Waals surface area contributed by atoms with Crippen LogP contribution in [-0.2, 0) is 0 Å². The van der Waals surface area contributed by atoms with Gasteiger partial charge in [-0.25, -0.2) is 19.9 Å². The van der Waals surface area contributed by atoms with E-state index in [1.165, 1.54) is 0 Å². The Kier molecular flexibility index (Phi) is 5.40. The highest BCUT2D eigenvalue weighted by Crippen LogP contribution is 2.38. The third-order valence-electron chi connectivity index (χ3n) is 8.13. The molecule has 206 valence electrons. The van der Waals surface area contributed by atoms with Crippen LogP contribution in [0, 0.1) is 0 Å². The normalized spacial score (nSPS) is 11.6.